The van der Waals surface area contributed by atoms with Crippen LogP contribution in [0.1, 0.15) is 38.1 Å². The van der Waals surface area contributed by atoms with Gasteiger partial charge in [-0.1, -0.05) is 13.8 Å². The highest BCUT2D eigenvalue weighted by Crippen LogP contribution is 2.15. The smallest absolute Gasteiger partial charge is 0.122 e. The first kappa shape index (κ1) is 12.5. The summed E-state index contributed by atoms with van der Waals surface area (Å²) in [4.78, 5) is 4.48. The Labute approximate surface area is 97.1 Å². The molecule has 86 valence electrons. The Hall–Kier alpha value is -1.56. The van der Waals surface area contributed by atoms with Gasteiger partial charge in [0.1, 0.15) is 5.75 Å². The largest absolute Gasteiger partial charge is 0.493 e. The summed E-state index contributed by atoms with van der Waals surface area (Å²) >= 11 is 0. The average molecular weight is 218 g/mol. The summed E-state index contributed by atoms with van der Waals surface area (Å²) in [5.41, 5.74) is 2.13. The lowest BCUT2D eigenvalue weighted by Gasteiger charge is -2.08. The highest BCUT2D eigenvalue weighted by atomic mass is 16.5. The average Bonchev–Trinajstić information content (AvgIpc) is 2.34. The molecule has 0 unspecified atom stereocenters. The number of nitrogens with zero attached hydrogens (tertiary/aromatic N) is 2. The van der Waals surface area contributed by atoms with Crippen molar-refractivity contribution >= 4 is 0 Å². The molecule has 0 saturated carbocycles. The van der Waals surface area contributed by atoms with Crippen molar-refractivity contribution in [3.63, 3.8) is 0 Å². The molecule has 16 heavy (non-hydrogen) atoms. The number of ether oxygens (including phenoxy) is 1. The molecule has 0 spiro atoms. The summed E-state index contributed by atoms with van der Waals surface area (Å²) in [6.45, 7) is 4.77. The van der Waals surface area contributed by atoms with Crippen LogP contribution >= 0.6 is 0 Å². The lowest BCUT2D eigenvalue weighted by Crippen LogP contribution is -2.00. The third-order valence-electron chi connectivity index (χ3n) is 2.33. The SMILES string of the molecule is CCc1cc(OCCCC#N)cc(CC)n1. The Bertz CT molecular complexity index is 346. The molecule has 0 fully saturated rings. The summed E-state index contributed by atoms with van der Waals surface area (Å²) in [5.74, 6) is 0.877. The van der Waals surface area contributed by atoms with E-state index in [9.17, 15) is 0 Å². The van der Waals surface area contributed by atoms with Gasteiger partial charge in [0.2, 0.25) is 0 Å². The summed E-state index contributed by atoms with van der Waals surface area (Å²) in [6, 6.07) is 6.06. The number of aryl methyl sites for hydroxylation is 2. The van der Waals surface area contributed by atoms with Gasteiger partial charge in [-0.25, -0.2) is 0 Å². The Kier molecular flexibility index (Phi) is 5.35. The first-order valence-corrected chi connectivity index (χ1v) is 5.79. The molecule has 0 aliphatic heterocycles. The van der Waals surface area contributed by atoms with Gasteiger partial charge in [0, 0.05) is 29.9 Å². The van der Waals surface area contributed by atoms with Crippen LogP contribution < -0.4 is 4.74 Å². The highest BCUT2D eigenvalue weighted by Gasteiger charge is 2.01. The molecule has 0 aliphatic carbocycles. The predicted octanol–water partition coefficient (Wildman–Crippen LogP) is 2.89. The van der Waals surface area contributed by atoms with Crippen molar-refractivity contribution in [2.24, 2.45) is 0 Å². The van der Waals surface area contributed by atoms with Gasteiger partial charge >= 0.3 is 0 Å². The van der Waals surface area contributed by atoms with Crippen molar-refractivity contribution in [1.82, 2.24) is 4.98 Å². The maximum absolute atomic E-state index is 8.41. The topological polar surface area (TPSA) is 45.9 Å². The van der Waals surface area contributed by atoms with Crippen LogP contribution in [0.25, 0.3) is 0 Å². The van der Waals surface area contributed by atoms with Gasteiger partial charge in [-0.05, 0) is 19.3 Å². The molecule has 0 aromatic carbocycles. The van der Waals surface area contributed by atoms with Crippen LogP contribution in [0.2, 0.25) is 0 Å². The van der Waals surface area contributed by atoms with E-state index in [4.69, 9.17) is 10.00 Å². The molecule has 0 aliphatic rings. The summed E-state index contributed by atoms with van der Waals surface area (Å²) in [5, 5.41) is 8.41. The van der Waals surface area contributed by atoms with Crippen LogP contribution in [0.4, 0.5) is 0 Å². The van der Waals surface area contributed by atoms with Crippen molar-refractivity contribution in [1.29, 1.82) is 5.26 Å². The van der Waals surface area contributed by atoms with Gasteiger partial charge in [0.05, 0.1) is 12.7 Å². The molecular formula is C13H18N2O. The monoisotopic (exact) mass is 218 g/mol. The molecule has 0 radical (unpaired) electrons. The van der Waals surface area contributed by atoms with Crippen molar-refractivity contribution < 1.29 is 4.74 Å². The van der Waals surface area contributed by atoms with Crippen LogP contribution in [0, 0.1) is 11.3 Å². The first-order valence-electron chi connectivity index (χ1n) is 5.79. The molecule has 0 N–H and O–H groups in total. The number of aromatic nitrogens is 1. The van der Waals surface area contributed by atoms with Crippen LogP contribution in [0.3, 0.4) is 0 Å². The minimum atomic E-state index is 0.548. The maximum Gasteiger partial charge on any atom is 0.122 e. The van der Waals surface area contributed by atoms with Crippen LogP contribution in [-0.2, 0) is 12.8 Å². The second-order valence-electron chi connectivity index (χ2n) is 3.60. The normalized spacial score (nSPS) is 9.81. The minimum Gasteiger partial charge on any atom is -0.493 e. The number of hydrogen-bond donors (Lipinski definition) is 0. The van der Waals surface area contributed by atoms with Crippen LogP contribution in [0.15, 0.2) is 12.1 Å². The number of unbranched alkanes of at least 4 members (excludes halogenated alkanes) is 1. The highest BCUT2D eigenvalue weighted by molar-refractivity contribution is 5.27. The lowest BCUT2D eigenvalue weighted by atomic mass is 10.2. The van der Waals surface area contributed by atoms with E-state index in [0.717, 1.165) is 36.4 Å². The number of nitriles is 1. The second-order valence-corrected chi connectivity index (χ2v) is 3.60. The van der Waals surface area contributed by atoms with Crippen molar-refractivity contribution in [3.8, 4) is 11.8 Å². The Morgan fingerprint density at radius 3 is 2.38 bits per heavy atom. The van der Waals surface area contributed by atoms with Gasteiger partial charge in [0.25, 0.3) is 0 Å². The molecule has 1 heterocycles. The van der Waals surface area contributed by atoms with E-state index in [2.05, 4.69) is 24.9 Å². The van der Waals surface area contributed by atoms with Crippen molar-refractivity contribution in [2.75, 3.05) is 6.61 Å². The molecule has 0 atom stereocenters. The molecule has 0 bridgehead atoms. The quantitative estimate of drug-likeness (QED) is 0.690. The summed E-state index contributed by atoms with van der Waals surface area (Å²) in [7, 11) is 0. The zero-order valence-corrected chi connectivity index (χ0v) is 9.99. The van der Waals surface area contributed by atoms with E-state index >= 15 is 0 Å². The fraction of sp³-hybridized carbons (Fsp3) is 0.538. The van der Waals surface area contributed by atoms with E-state index < -0.39 is 0 Å². The Balaban J connectivity index is 2.61. The number of hydrogen-bond acceptors (Lipinski definition) is 3. The van der Waals surface area contributed by atoms with Gasteiger partial charge in [-0.15, -0.1) is 0 Å². The van der Waals surface area contributed by atoms with Crippen LogP contribution in [-0.4, -0.2) is 11.6 Å². The summed E-state index contributed by atoms with van der Waals surface area (Å²) < 4.78 is 5.60. The molecular weight excluding hydrogens is 200 g/mol. The van der Waals surface area contributed by atoms with Gasteiger partial charge in [0.15, 0.2) is 0 Å². The Morgan fingerprint density at radius 2 is 1.88 bits per heavy atom. The fourth-order valence-corrected chi connectivity index (χ4v) is 1.41. The zero-order valence-electron chi connectivity index (χ0n) is 9.99. The number of rotatable bonds is 6. The molecule has 1 rings (SSSR count). The zero-order chi connectivity index (χ0) is 11.8. The van der Waals surface area contributed by atoms with E-state index in [0.29, 0.717) is 13.0 Å². The van der Waals surface area contributed by atoms with Crippen molar-refractivity contribution in [2.45, 2.75) is 39.5 Å². The Morgan fingerprint density at radius 1 is 1.25 bits per heavy atom. The molecule has 3 nitrogen and oxygen atoms in total. The molecule has 1 aromatic rings. The van der Waals surface area contributed by atoms with Gasteiger partial charge < -0.3 is 4.74 Å². The maximum atomic E-state index is 8.41. The molecule has 3 heteroatoms. The predicted molar refractivity (Wildman–Crippen MR) is 63.3 cm³/mol. The third kappa shape index (κ3) is 3.90. The van der Waals surface area contributed by atoms with Gasteiger partial charge in [-0.3, -0.25) is 4.98 Å². The molecule has 1 aromatic heterocycles. The van der Waals surface area contributed by atoms with Gasteiger partial charge in [-0.2, -0.15) is 5.26 Å². The third-order valence-corrected chi connectivity index (χ3v) is 2.33. The molecule has 0 saturated heterocycles. The standard InChI is InChI=1S/C13H18N2O/c1-3-11-9-13(10-12(4-2)15-11)16-8-6-5-7-14/h9-10H,3-6,8H2,1-2H3. The minimum absolute atomic E-state index is 0.548. The van der Waals surface area contributed by atoms with Crippen molar-refractivity contribution in [3.05, 3.63) is 23.5 Å². The van der Waals surface area contributed by atoms with E-state index in [-0.39, 0.29) is 0 Å². The lowest BCUT2D eigenvalue weighted by molar-refractivity contribution is 0.311. The van der Waals surface area contributed by atoms with Crippen LogP contribution in [0.5, 0.6) is 5.75 Å². The summed E-state index contributed by atoms with van der Waals surface area (Å²) in [6.07, 6.45) is 3.17. The molecule has 0 amide bonds. The second kappa shape index (κ2) is 6.84. The van der Waals surface area contributed by atoms with E-state index in [1.807, 2.05) is 12.1 Å². The number of pyridine rings is 1. The van der Waals surface area contributed by atoms with E-state index in [1.54, 1.807) is 0 Å². The van der Waals surface area contributed by atoms with E-state index in [1.165, 1.54) is 0 Å². The fourth-order valence-electron chi connectivity index (χ4n) is 1.41. The first-order chi connectivity index (χ1) is 7.80.